The zero-order valence-electron chi connectivity index (χ0n) is 11.0. The molecule has 5 heteroatoms. The number of rotatable bonds is 4. The van der Waals surface area contributed by atoms with E-state index in [2.05, 4.69) is 17.2 Å². The van der Waals surface area contributed by atoms with Gasteiger partial charge < -0.3 is 10.4 Å². The van der Waals surface area contributed by atoms with Crippen LogP contribution in [0.15, 0.2) is 12.3 Å². The van der Waals surface area contributed by atoms with Crippen LogP contribution in [-0.2, 0) is 0 Å². The lowest BCUT2D eigenvalue weighted by Crippen LogP contribution is -2.27. The fraction of sp³-hybridized carbons (Fsp3) is 0.571. The Balaban J connectivity index is 2.06. The van der Waals surface area contributed by atoms with E-state index < -0.39 is 5.97 Å². The maximum atomic E-state index is 11.0. The lowest BCUT2D eigenvalue weighted by molar-refractivity contribution is 0.0697. The number of hydrogen-bond acceptors (Lipinski definition) is 3. The minimum atomic E-state index is -1.02. The molecule has 1 heterocycles. The van der Waals surface area contributed by atoms with E-state index in [-0.39, 0.29) is 10.6 Å². The molecule has 0 aromatic carbocycles. The number of carboxylic acid groups (broad SMARTS) is 1. The van der Waals surface area contributed by atoms with Crippen LogP contribution in [0, 0.1) is 5.92 Å². The Morgan fingerprint density at radius 3 is 3.05 bits per heavy atom. The number of aromatic nitrogens is 1. The molecule has 0 bridgehead atoms. The van der Waals surface area contributed by atoms with Gasteiger partial charge in [0.15, 0.2) is 0 Å². The molecule has 1 fully saturated rings. The van der Waals surface area contributed by atoms with Crippen LogP contribution in [0.3, 0.4) is 0 Å². The van der Waals surface area contributed by atoms with E-state index >= 15 is 0 Å². The maximum absolute atomic E-state index is 11.0. The Bertz CT molecular complexity index is 465. The van der Waals surface area contributed by atoms with E-state index in [1.807, 2.05) is 0 Å². The van der Waals surface area contributed by atoms with Gasteiger partial charge in [-0.2, -0.15) is 0 Å². The van der Waals surface area contributed by atoms with E-state index in [0.717, 1.165) is 18.8 Å². The third-order valence-corrected chi connectivity index (χ3v) is 4.10. The number of carboxylic acids is 1. The molecule has 19 heavy (non-hydrogen) atoms. The Hall–Kier alpha value is -1.29. The van der Waals surface area contributed by atoms with Crippen molar-refractivity contribution in [2.24, 2.45) is 5.92 Å². The van der Waals surface area contributed by atoms with E-state index in [4.69, 9.17) is 16.7 Å². The summed E-state index contributed by atoms with van der Waals surface area (Å²) in [5, 5.41) is 12.5. The lowest BCUT2D eigenvalue weighted by atomic mass is 9.84. The van der Waals surface area contributed by atoms with Crippen molar-refractivity contribution in [3.8, 4) is 0 Å². The fourth-order valence-electron chi connectivity index (χ4n) is 2.68. The first kappa shape index (κ1) is 14.1. The van der Waals surface area contributed by atoms with Gasteiger partial charge in [-0.1, -0.05) is 37.8 Å². The molecule has 0 amide bonds. The lowest BCUT2D eigenvalue weighted by Gasteiger charge is -2.29. The molecular weight excluding hydrogens is 264 g/mol. The molecule has 104 valence electrons. The largest absolute Gasteiger partial charge is 0.478 e. The predicted octanol–water partition coefficient (Wildman–Crippen LogP) is 3.81. The van der Waals surface area contributed by atoms with Crippen LogP contribution < -0.4 is 5.32 Å². The second-order valence-electron chi connectivity index (χ2n) is 5.14. The molecule has 1 aliphatic rings. The minimum absolute atomic E-state index is 0.0991. The van der Waals surface area contributed by atoms with Crippen LogP contribution >= 0.6 is 11.6 Å². The summed E-state index contributed by atoms with van der Waals surface area (Å²) in [7, 11) is 0. The Labute approximate surface area is 118 Å². The number of hydrogen-bond donors (Lipinski definition) is 2. The number of halogens is 1. The van der Waals surface area contributed by atoms with Crippen molar-refractivity contribution >= 4 is 23.4 Å². The standard InChI is InChI=1S/C14H19ClN2O2/c1-2-9-4-3-5-10(6-9)17-13-7-11(14(18)19)12(15)8-16-13/h7-10H,2-6H2,1H3,(H,16,17)(H,18,19). The summed E-state index contributed by atoms with van der Waals surface area (Å²) >= 11 is 5.81. The number of nitrogens with one attached hydrogen (secondary N) is 1. The number of carbonyl (C=O) groups is 1. The van der Waals surface area contributed by atoms with Crippen LogP contribution in [0.4, 0.5) is 5.82 Å². The number of aromatic carboxylic acids is 1. The fourth-order valence-corrected chi connectivity index (χ4v) is 2.87. The molecule has 0 spiro atoms. The highest BCUT2D eigenvalue weighted by Gasteiger charge is 2.21. The molecule has 0 saturated heterocycles. The van der Waals surface area contributed by atoms with Gasteiger partial charge in [0.05, 0.1) is 10.6 Å². The maximum Gasteiger partial charge on any atom is 0.337 e. The average Bonchev–Trinajstić information content (AvgIpc) is 2.41. The second kappa shape index (κ2) is 6.24. The van der Waals surface area contributed by atoms with Crippen LogP contribution in [0.1, 0.15) is 49.4 Å². The van der Waals surface area contributed by atoms with Crippen LogP contribution in [0.2, 0.25) is 5.02 Å². The van der Waals surface area contributed by atoms with Gasteiger partial charge in [-0.25, -0.2) is 9.78 Å². The van der Waals surface area contributed by atoms with Gasteiger partial charge in [-0.15, -0.1) is 0 Å². The van der Waals surface area contributed by atoms with Gasteiger partial charge in [0, 0.05) is 12.2 Å². The van der Waals surface area contributed by atoms with Crippen molar-refractivity contribution in [1.82, 2.24) is 4.98 Å². The van der Waals surface area contributed by atoms with E-state index in [1.165, 1.54) is 31.5 Å². The highest BCUT2D eigenvalue weighted by atomic mass is 35.5. The molecule has 0 radical (unpaired) electrons. The SMILES string of the molecule is CCC1CCCC(Nc2cc(C(=O)O)c(Cl)cn2)C1. The van der Waals surface area contributed by atoms with E-state index in [1.54, 1.807) is 0 Å². The second-order valence-corrected chi connectivity index (χ2v) is 5.54. The van der Waals surface area contributed by atoms with Gasteiger partial charge in [-0.05, 0) is 24.8 Å². The first-order valence-corrected chi connectivity index (χ1v) is 7.13. The predicted molar refractivity (Wildman–Crippen MR) is 75.9 cm³/mol. The molecule has 1 aromatic rings. The summed E-state index contributed by atoms with van der Waals surface area (Å²) in [5.74, 6) is 0.339. The minimum Gasteiger partial charge on any atom is -0.478 e. The van der Waals surface area contributed by atoms with Crippen molar-refractivity contribution in [2.75, 3.05) is 5.32 Å². The van der Waals surface area contributed by atoms with Gasteiger partial charge in [0.1, 0.15) is 5.82 Å². The molecule has 2 atom stereocenters. The summed E-state index contributed by atoms with van der Waals surface area (Å²) in [6.45, 7) is 2.22. The normalized spacial score (nSPS) is 23.1. The molecule has 1 aromatic heterocycles. The molecule has 1 saturated carbocycles. The van der Waals surface area contributed by atoms with Crippen molar-refractivity contribution in [1.29, 1.82) is 0 Å². The van der Waals surface area contributed by atoms with Crippen molar-refractivity contribution < 1.29 is 9.90 Å². The first-order valence-electron chi connectivity index (χ1n) is 6.75. The monoisotopic (exact) mass is 282 g/mol. The molecule has 4 nitrogen and oxygen atoms in total. The van der Waals surface area contributed by atoms with E-state index in [0.29, 0.717) is 11.9 Å². The van der Waals surface area contributed by atoms with Crippen LogP contribution in [0.25, 0.3) is 0 Å². The zero-order valence-corrected chi connectivity index (χ0v) is 11.8. The van der Waals surface area contributed by atoms with Gasteiger partial charge in [-0.3, -0.25) is 0 Å². The van der Waals surface area contributed by atoms with Crippen LogP contribution in [0.5, 0.6) is 0 Å². The highest BCUT2D eigenvalue weighted by molar-refractivity contribution is 6.33. The zero-order chi connectivity index (χ0) is 13.8. The Morgan fingerprint density at radius 1 is 1.58 bits per heavy atom. The van der Waals surface area contributed by atoms with Crippen LogP contribution in [-0.4, -0.2) is 22.1 Å². The van der Waals surface area contributed by atoms with Gasteiger partial charge in [0.2, 0.25) is 0 Å². The molecule has 2 N–H and O–H groups in total. The van der Waals surface area contributed by atoms with Crippen molar-refractivity contribution in [3.63, 3.8) is 0 Å². The number of anilines is 1. The third kappa shape index (κ3) is 3.60. The summed E-state index contributed by atoms with van der Waals surface area (Å²) in [6, 6.07) is 1.90. The summed E-state index contributed by atoms with van der Waals surface area (Å²) in [4.78, 5) is 15.2. The molecule has 0 aliphatic heterocycles. The summed E-state index contributed by atoms with van der Waals surface area (Å²) in [5.41, 5.74) is 0.0991. The molecule has 2 unspecified atom stereocenters. The topological polar surface area (TPSA) is 62.2 Å². The molecular formula is C14H19ClN2O2. The Morgan fingerprint density at radius 2 is 2.37 bits per heavy atom. The molecule has 2 rings (SSSR count). The van der Waals surface area contributed by atoms with Gasteiger partial charge in [0.25, 0.3) is 0 Å². The smallest absolute Gasteiger partial charge is 0.337 e. The first-order chi connectivity index (χ1) is 9.10. The summed E-state index contributed by atoms with van der Waals surface area (Å²) in [6.07, 6.45) is 7.35. The third-order valence-electron chi connectivity index (χ3n) is 3.80. The van der Waals surface area contributed by atoms with Crippen molar-refractivity contribution in [2.45, 2.75) is 45.1 Å². The number of pyridine rings is 1. The highest BCUT2D eigenvalue weighted by Crippen LogP contribution is 2.28. The molecule has 1 aliphatic carbocycles. The van der Waals surface area contributed by atoms with Gasteiger partial charge >= 0.3 is 5.97 Å². The Kier molecular flexibility index (Phi) is 4.64. The quantitative estimate of drug-likeness (QED) is 0.881. The average molecular weight is 283 g/mol. The van der Waals surface area contributed by atoms with E-state index in [9.17, 15) is 4.79 Å². The van der Waals surface area contributed by atoms with Crippen molar-refractivity contribution in [3.05, 3.63) is 22.8 Å². The summed E-state index contributed by atoms with van der Waals surface area (Å²) < 4.78 is 0. The number of nitrogens with zero attached hydrogens (tertiary/aromatic N) is 1.